The number of amides is 2. The monoisotopic (exact) mass is 248 g/mol. The SMILES string of the molecule is Nc1c[nH]c(C(=O)N2CCCC3C(=O)NCC32)c1. The number of aromatic amines is 1. The van der Waals surface area contributed by atoms with Crippen molar-refractivity contribution >= 4 is 17.5 Å². The maximum atomic E-state index is 12.4. The van der Waals surface area contributed by atoms with Crippen molar-refractivity contribution < 1.29 is 9.59 Å². The maximum Gasteiger partial charge on any atom is 0.270 e. The predicted molar refractivity (Wildman–Crippen MR) is 65.8 cm³/mol. The number of hydrogen-bond acceptors (Lipinski definition) is 3. The van der Waals surface area contributed by atoms with E-state index < -0.39 is 0 Å². The Hall–Kier alpha value is -1.98. The topological polar surface area (TPSA) is 91.2 Å². The molecule has 3 rings (SSSR count). The van der Waals surface area contributed by atoms with Gasteiger partial charge in [-0.3, -0.25) is 9.59 Å². The number of likely N-dealkylation sites (tertiary alicyclic amines) is 1. The van der Waals surface area contributed by atoms with Crippen molar-refractivity contribution in [2.24, 2.45) is 5.92 Å². The van der Waals surface area contributed by atoms with Crippen LogP contribution in [0.25, 0.3) is 0 Å². The lowest BCUT2D eigenvalue weighted by Crippen LogP contribution is -2.48. The van der Waals surface area contributed by atoms with E-state index in [0.29, 0.717) is 24.5 Å². The van der Waals surface area contributed by atoms with E-state index >= 15 is 0 Å². The Balaban J connectivity index is 1.83. The summed E-state index contributed by atoms with van der Waals surface area (Å²) in [5.74, 6) is -0.0450. The highest BCUT2D eigenvalue weighted by Gasteiger charge is 2.42. The minimum atomic E-state index is -0.0714. The molecular formula is C12H16N4O2. The first kappa shape index (κ1) is 11.1. The van der Waals surface area contributed by atoms with Crippen LogP contribution in [0.15, 0.2) is 12.3 Å². The zero-order chi connectivity index (χ0) is 12.7. The number of piperidine rings is 1. The number of rotatable bonds is 1. The first-order chi connectivity index (χ1) is 8.66. The van der Waals surface area contributed by atoms with Gasteiger partial charge in [0.2, 0.25) is 5.91 Å². The molecule has 0 radical (unpaired) electrons. The van der Waals surface area contributed by atoms with Crippen LogP contribution in [0.2, 0.25) is 0 Å². The van der Waals surface area contributed by atoms with E-state index in [1.165, 1.54) is 0 Å². The van der Waals surface area contributed by atoms with Crippen LogP contribution in [0.5, 0.6) is 0 Å². The van der Waals surface area contributed by atoms with Crippen molar-refractivity contribution in [3.05, 3.63) is 18.0 Å². The largest absolute Gasteiger partial charge is 0.397 e. The van der Waals surface area contributed by atoms with Crippen molar-refractivity contribution in [2.45, 2.75) is 18.9 Å². The lowest BCUT2D eigenvalue weighted by molar-refractivity contribution is -0.123. The van der Waals surface area contributed by atoms with Crippen LogP contribution in [-0.4, -0.2) is 40.8 Å². The number of nitrogens with zero attached hydrogens (tertiary/aromatic N) is 1. The molecule has 96 valence electrons. The number of carbonyl (C=O) groups excluding carboxylic acids is 2. The van der Waals surface area contributed by atoms with E-state index in [1.54, 1.807) is 17.2 Å². The quantitative estimate of drug-likeness (QED) is 0.650. The number of H-pyrrole nitrogens is 1. The van der Waals surface area contributed by atoms with Crippen molar-refractivity contribution in [3.8, 4) is 0 Å². The Morgan fingerprint density at radius 3 is 3.06 bits per heavy atom. The fourth-order valence-electron chi connectivity index (χ4n) is 2.89. The third-order valence-electron chi connectivity index (χ3n) is 3.80. The molecule has 0 spiro atoms. The van der Waals surface area contributed by atoms with E-state index in [0.717, 1.165) is 12.8 Å². The minimum Gasteiger partial charge on any atom is -0.397 e. The van der Waals surface area contributed by atoms with E-state index in [1.807, 2.05) is 0 Å². The molecule has 6 heteroatoms. The fraction of sp³-hybridized carbons (Fsp3) is 0.500. The maximum absolute atomic E-state index is 12.4. The summed E-state index contributed by atoms with van der Waals surface area (Å²) in [5.41, 5.74) is 6.65. The molecule has 2 atom stereocenters. The van der Waals surface area contributed by atoms with Crippen LogP contribution in [-0.2, 0) is 4.79 Å². The van der Waals surface area contributed by atoms with Crippen LogP contribution < -0.4 is 11.1 Å². The van der Waals surface area contributed by atoms with Gasteiger partial charge in [0.05, 0.1) is 12.0 Å². The number of hydrogen-bond donors (Lipinski definition) is 3. The highest BCUT2D eigenvalue weighted by molar-refractivity contribution is 5.94. The Labute approximate surface area is 105 Å². The summed E-state index contributed by atoms with van der Waals surface area (Å²) >= 11 is 0. The lowest BCUT2D eigenvalue weighted by atomic mass is 9.91. The standard InChI is InChI=1S/C12H16N4O2/c13-7-4-9(14-5-7)12(18)16-3-1-2-8-10(16)6-15-11(8)17/h4-5,8,10,14H,1-3,6,13H2,(H,15,17). The zero-order valence-corrected chi connectivity index (χ0v) is 9.98. The molecule has 0 bridgehead atoms. The summed E-state index contributed by atoms with van der Waals surface area (Å²) < 4.78 is 0. The van der Waals surface area contributed by atoms with Gasteiger partial charge in [-0.2, -0.15) is 0 Å². The van der Waals surface area contributed by atoms with Crippen LogP contribution in [0.1, 0.15) is 23.3 Å². The van der Waals surface area contributed by atoms with Crippen LogP contribution in [0, 0.1) is 5.92 Å². The number of nitrogen functional groups attached to an aromatic ring is 1. The molecule has 0 saturated carbocycles. The van der Waals surface area contributed by atoms with Gasteiger partial charge in [0.25, 0.3) is 5.91 Å². The van der Waals surface area contributed by atoms with Gasteiger partial charge in [-0.05, 0) is 18.9 Å². The number of fused-ring (bicyclic) bond motifs is 1. The summed E-state index contributed by atoms with van der Waals surface area (Å²) in [6, 6.07) is 1.62. The molecule has 1 aromatic rings. The summed E-state index contributed by atoms with van der Waals surface area (Å²) in [4.78, 5) is 28.7. The second-order valence-corrected chi connectivity index (χ2v) is 4.91. The number of aromatic nitrogens is 1. The molecule has 2 aliphatic rings. The molecule has 3 heterocycles. The Morgan fingerprint density at radius 1 is 1.50 bits per heavy atom. The number of nitrogens with two attached hydrogens (primary N) is 1. The lowest BCUT2D eigenvalue weighted by Gasteiger charge is -2.35. The van der Waals surface area contributed by atoms with Gasteiger partial charge in [0.1, 0.15) is 5.69 Å². The molecule has 18 heavy (non-hydrogen) atoms. The Kier molecular flexibility index (Phi) is 2.50. The highest BCUT2D eigenvalue weighted by atomic mass is 16.2. The number of nitrogens with one attached hydrogen (secondary N) is 2. The molecule has 2 saturated heterocycles. The molecule has 2 aliphatic heterocycles. The first-order valence-electron chi connectivity index (χ1n) is 6.19. The summed E-state index contributed by atoms with van der Waals surface area (Å²) in [6.07, 6.45) is 3.34. The van der Waals surface area contributed by atoms with Crippen molar-refractivity contribution in [1.82, 2.24) is 15.2 Å². The molecule has 0 aromatic carbocycles. The molecule has 2 amide bonds. The number of carbonyl (C=O) groups is 2. The van der Waals surface area contributed by atoms with Gasteiger partial charge in [-0.25, -0.2) is 0 Å². The van der Waals surface area contributed by atoms with Gasteiger partial charge in [0.15, 0.2) is 0 Å². The zero-order valence-electron chi connectivity index (χ0n) is 9.98. The van der Waals surface area contributed by atoms with Crippen molar-refractivity contribution in [2.75, 3.05) is 18.8 Å². The van der Waals surface area contributed by atoms with Crippen LogP contribution in [0.3, 0.4) is 0 Å². The third-order valence-corrected chi connectivity index (χ3v) is 3.80. The Bertz CT molecular complexity index is 496. The van der Waals surface area contributed by atoms with E-state index in [-0.39, 0.29) is 23.8 Å². The molecule has 4 N–H and O–H groups in total. The van der Waals surface area contributed by atoms with Crippen LogP contribution >= 0.6 is 0 Å². The van der Waals surface area contributed by atoms with Crippen molar-refractivity contribution in [1.29, 1.82) is 0 Å². The smallest absolute Gasteiger partial charge is 0.270 e. The van der Waals surface area contributed by atoms with Gasteiger partial charge >= 0.3 is 0 Å². The average Bonchev–Trinajstić information content (AvgIpc) is 2.96. The van der Waals surface area contributed by atoms with Gasteiger partial charge in [-0.1, -0.05) is 0 Å². The van der Waals surface area contributed by atoms with Crippen LogP contribution in [0.4, 0.5) is 5.69 Å². The van der Waals surface area contributed by atoms with E-state index in [9.17, 15) is 9.59 Å². The first-order valence-corrected chi connectivity index (χ1v) is 6.19. The molecule has 2 unspecified atom stereocenters. The predicted octanol–water partition coefficient (Wildman–Crippen LogP) is -0.0525. The third kappa shape index (κ3) is 1.64. The summed E-state index contributed by atoms with van der Waals surface area (Å²) in [5, 5.41) is 2.84. The van der Waals surface area contributed by atoms with E-state index in [4.69, 9.17) is 5.73 Å². The number of anilines is 1. The molecular weight excluding hydrogens is 232 g/mol. The molecule has 2 fully saturated rings. The molecule has 1 aromatic heterocycles. The fourth-order valence-corrected chi connectivity index (χ4v) is 2.89. The van der Waals surface area contributed by atoms with Crippen molar-refractivity contribution in [3.63, 3.8) is 0 Å². The second kappa shape index (κ2) is 4.04. The summed E-state index contributed by atoms with van der Waals surface area (Å²) in [7, 11) is 0. The molecule has 6 nitrogen and oxygen atoms in total. The van der Waals surface area contributed by atoms with Gasteiger partial charge < -0.3 is 20.9 Å². The Morgan fingerprint density at radius 2 is 2.33 bits per heavy atom. The van der Waals surface area contributed by atoms with E-state index in [2.05, 4.69) is 10.3 Å². The highest BCUT2D eigenvalue weighted by Crippen LogP contribution is 2.28. The normalized spacial score (nSPS) is 26.9. The second-order valence-electron chi connectivity index (χ2n) is 4.91. The molecule has 0 aliphatic carbocycles. The minimum absolute atomic E-state index is 0.0109. The van der Waals surface area contributed by atoms with Gasteiger partial charge in [-0.15, -0.1) is 0 Å². The average molecular weight is 248 g/mol. The van der Waals surface area contributed by atoms with Gasteiger partial charge in [0, 0.05) is 25.0 Å². The summed E-state index contributed by atoms with van der Waals surface area (Å²) in [6.45, 7) is 1.26.